The lowest BCUT2D eigenvalue weighted by Gasteiger charge is -2.05. The van der Waals surface area contributed by atoms with Gasteiger partial charge in [-0.1, -0.05) is 18.2 Å². The van der Waals surface area contributed by atoms with Crippen molar-refractivity contribution in [1.82, 2.24) is 5.32 Å². The summed E-state index contributed by atoms with van der Waals surface area (Å²) in [5.41, 5.74) is 1.30. The van der Waals surface area contributed by atoms with E-state index in [1.165, 1.54) is 16.3 Å². The van der Waals surface area contributed by atoms with Gasteiger partial charge in [-0.2, -0.15) is 0 Å². The molecule has 16 heavy (non-hydrogen) atoms. The Morgan fingerprint density at radius 1 is 1.06 bits per heavy atom. The molecule has 2 nitrogen and oxygen atoms in total. The lowest BCUT2D eigenvalue weighted by atomic mass is 10.1. The molecule has 0 saturated carbocycles. The predicted octanol–water partition coefficient (Wildman–Crippen LogP) is 2.99. The van der Waals surface area contributed by atoms with E-state index in [1.807, 2.05) is 13.1 Å². The van der Waals surface area contributed by atoms with Gasteiger partial charge < -0.3 is 10.1 Å². The van der Waals surface area contributed by atoms with Gasteiger partial charge >= 0.3 is 0 Å². The summed E-state index contributed by atoms with van der Waals surface area (Å²) in [5, 5.41) is 5.62. The van der Waals surface area contributed by atoms with Crippen molar-refractivity contribution < 1.29 is 4.74 Å². The highest BCUT2D eigenvalue weighted by Crippen LogP contribution is 2.21. The summed E-state index contributed by atoms with van der Waals surface area (Å²) >= 11 is 0. The average molecular weight is 238 g/mol. The van der Waals surface area contributed by atoms with Gasteiger partial charge in [0, 0.05) is 6.54 Å². The van der Waals surface area contributed by atoms with Crippen LogP contribution in [-0.2, 0) is 6.54 Å². The number of halogens is 1. The Morgan fingerprint density at radius 2 is 1.75 bits per heavy atom. The summed E-state index contributed by atoms with van der Waals surface area (Å²) in [6.45, 7) is 0.905. The normalized spacial score (nSPS) is 9.88. The fraction of sp³-hybridized carbons (Fsp3) is 0.231. The van der Waals surface area contributed by atoms with E-state index >= 15 is 0 Å². The summed E-state index contributed by atoms with van der Waals surface area (Å²) in [7, 11) is 3.65. The molecule has 2 rings (SSSR count). The summed E-state index contributed by atoms with van der Waals surface area (Å²) < 4.78 is 5.19. The second-order valence-corrected chi connectivity index (χ2v) is 3.58. The summed E-state index contributed by atoms with van der Waals surface area (Å²) in [4.78, 5) is 0. The number of hydrogen-bond donors (Lipinski definition) is 1. The molecule has 0 bridgehead atoms. The standard InChI is InChI=1S/C13H15NO.ClH/c1-14-9-10-3-4-12-8-13(15-2)6-5-11(12)7-10;/h3-8,14H,9H2,1-2H3;1H. The van der Waals surface area contributed by atoms with Gasteiger partial charge in [0.15, 0.2) is 0 Å². The van der Waals surface area contributed by atoms with Crippen molar-refractivity contribution >= 4 is 23.2 Å². The molecule has 2 aromatic carbocycles. The second-order valence-electron chi connectivity index (χ2n) is 3.58. The molecule has 0 fully saturated rings. The SMILES string of the molecule is CNCc1ccc2cc(OC)ccc2c1.Cl. The van der Waals surface area contributed by atoms with Crippen LogP contribution in [0.1, 0.15) is 5.56 Å². The molecule has 0 aliphatic carbocycles. The molecule has 2 aromatic rings. The van der Waals surface area contributed by atoms with Crippen LogP contribution in [0.25, 0.3) is 10.8 Å². The van der Waals surface area contributed by atoms with Gasteiger partial charge in [0.1, 0.15) is 5.75 Å². The number of hydrogen-bond acceptors (Lipinski definition) is 2. The minimum absolute atomic E-state index is 0. The third kappa shape index (κ3) is 2.65. The van der Waals surface area contributed by atoms with Gasteiger partial charge in [0.05, 0.1) is 7.11 Å². The Kier molecular flexibility index (Phi) is 4.59. The molecule has 0 unspecified atom stereocenters. The average Bonchev–Trinajstić information content (AvgIpc) is 2.29. The first-order chi connectivity index (χ1) is 7.33. The van der Waals surface area contributed by atoms with Gasteiger partial charge in [-0.15, -0.1) is 12.4 Å². The van der Waals surface area contributed by atoms with Crippen LogP contribution in [0.3, 0.4) is 0 Å². The maximum Gasteiger partial charge on any atom is 0.119 e. The molecule has 0 aliphatic rings. The Balaban J connectivity index is 0.00000128. The van der Waals surface area contributed by atoms with Crippen LogP contribution in [0, 0.1) is 0 Å². The first-order valence-electron chi connectivity index (χ1n) is 5.05. The highest BCUT2D eigenvalue weighted by Gasteiger charge is 1.97. The fourth-order valence-corrected chi connectivity index (χ4v) is 1.71. The topological polar surface area (TPSA) is 21.3 Å². The van der Waals surface area contributed by atoms with Gasteiger partial charge in [-0.3, -0.25) is 0 Å². The third-order valence-corrected chi connectivity index (χ3v) is 2.49. The first kappa shape index (κ1) is 12.8. The molecule has 86 valence electrons. The third-order valence-electron chi connectivity index (χ3n) is 2.49. The minimum Gasteiger partial charge on any atom is -0.497 e. The maximum atomic E-state index is 5.19. The molecule has 0 saturated heterocycles. The Hall–Kier alpha value is -1.25. The quantitative estimate of drug-likeness (QED) is 0.886. The van der Waals surface area contributed by atoms with Crippen LogP contribution in [0.2, 0.25) is 0 Å². The Bertz CT molecular complexity index is 470. The van der Waals surface area contributed by atoms with E-state index in [2.05, 4.69) is 35.6 Å². The molecule has 0 aliphatic heterocycles. The van der Waals surface area contributed by atoms with Gasteiger partial charge in [0.25, 0.3) is 0 Å². The lowest BCUT2D eigenvalue weighted by molar-refractivity contribution is 0.415. The van der Waals surface area contributed by atoms with Gasteiger partial charge in [0.2, 0.25) is 0 Å². The smallest absolute Gasteiger partial charge is 0.119 e. The predicted molar refractivity (Wildman–Crippen MR) is 70.5 cm³/mol. The number of benzene rings is 2. The fourth-order valence-electron chi connectivity index (χ4n) is 1.71. The monoisotopic (exact) mass is 237 g/mol. The molecular formula is C13H16ClNO. The number of nitrogens with one attached hydrogen (secondary N) is 1. The highest BCUT2D eigenvalue weighted by atomic mass is 35.5. The van der Waals surface area contributed by atoms with Gasteiger partial charge in [-0.25, -0.2) is 0 Å². The zero-order valence-electron chi connectivity index (χ0n) is 9.49. The number of methoxy groups -OCH3 is 1. The first-order valence-corrected chi connectivity index (χ1v) is 5.05. The van der Waals surface area contributed by atoms with Crippen molar-refractivity contribution in [3.8, 4) is 5.75 Å². The van der Waals surface area contributed by atoms with Crippen LogP contribution in [-0.4, -0.2) is 14.2 Å². The van der Waals surface area contributed by atoms with E-state index in [0.29, 0.717) is 0 Å². The van der Waals surface area contributed by atoms with Crippen LogP contribution in [0.5, 0.6) is 5.75 Å². The highest BCUT2D eigenvalue weighted by molar-refractivity contribution is 5.85. The molecule has 3 heteroatoms. The molecule has 0 amide bonds. The lowest BCUT2D eigenvalue weighted by Crippen LogP contribution is -2.04. The van der Waals surface area contributed by atoms with Crippen molar-refractivity contribution in [2.24, 2.45) is 0 Å². The Morgan fingerprint density at radius 3 is 2.44 bits per heavy atom. The second kappa shape index (κ2) is 5.73. The van der Waals surface area contributed by atoms with Crippen LogP contribution in [0.15, 0.2) is 36.4 Å². The summed E-state index contributed by atoms with van der Waals surface area (Å²) in [6.07, 6.45) is 0. The van der Waals surface area contributed by atoms with E-state index in [9.17, 15) is 0 Å². The molecule has 0 radical (unpaired) electrons. The number of ether oxygens (including phenoxy) is 1. The van der Waals surface area contributed by atoms with Crippen LogP contribution < -0.4 is 10.1 Å². The van der Waals surface area contributed by atoms with Gasteiger partial charge in [-0.05, 0) is 41.6 Å². The molecule has 0 spiro atoms. The molecular weight excluding hydrogens is 222 g/mol. The van der Waals surface area contributed by atoms with E-state index in [-0.39, 0.29) is 12.4 Å². The Labute approximate surface area is 102 Å². The van der Waals surface area contributed by atoms with E-state index in [4.69, 9.17) is 4.74 Å². The summed E-state index contributed by atoms with van der Waals surface area (Å²) in [5.74, 6) is 0.906. The van der Waals surface area contributed by atoms with Crippen LogP contribution >= 0.6 is 12.4 Å². The van der Waals surface area contributed by atoms with E-state index < -0.39 is 0 Å². The zero-order chi connectivity index (χ0) is 10.7. The summed E-state index contributed by atoms with van der Waals surface area (Å²) in [6, 6.07) is 12.6. The molecule has 0 heterocycles. The number of fused-ring (bicyclic) bond motifs is 1. The van der Waals surface area contributed by atoms with Crippen molar-refractivity contribution in [3.05, 3.63) is 42.0 Å². The molecule has 0 aromatic heterocycles. The number of rotatable bonds is 3. The zero-order valence-corrected chi connectivity index (χ0v) is 10.3. The van der Waals surface area contributed by atoms with E-state index in [0.717, 1.165) is 12.3 Å². The van der Waals surface area contributed by atoms with Crippen molar-refractivity contribution in [1.29, 1.82) is 0 Å². The van der Waals surface area contributed by atoms with E-state index in [1.54, 1.807) is 7.11 Å². The molecule has 1 N–H and O–H groups in total. The van der Waals surface area contributed by atoms with Crippen molar-refractivity contribution in [3.63, 3.8) is 0 Å². The largest absolute Gasteiger partial charge is 0.497 e. The van der Waals surface area contributed by atoms with Crippen molar-refractivity contribution in [2.75, 3.05) is 14.2 Å². The minimum atomic E-state index is 0. The molecule has 0 atom stereocenters. The maximum absolute atomic E-state index is 5.19. The van der Waals surface area contributed by atoms with Crippen molar-refractivity contribution in [2.45, 2.75) is 6.54 Å². The van der Waals surface area contributed by atoms with Crippen LogP contribution in [0.4, 0.5) is 0 Å².